The number of nitrogens with zero attached hydrogens (tertiary/aromatic N) is 4. The first-order chi connectivity index (χ1) is 9.76. The Kier molecular flexibility index (Phi) is 5.11. The van der Waals surface area contributed by atoms with Gasteiger partial charge in [0.25, 0.3) is 0 Å². The van der Waals surface area contributed by atoms with Gasteiger partial charge in [0.15, 0.2) is 11.7 Å². The van der Waals surface area contributed by atoms with Gasteiger partial charge < -0.3 is 20.6 Å². The summed E-state index contributed by atoms with van der Waals surface area (Å²) in [6.07, 6.45) is 4.82. The smallest absolute Gasteiger partial charge is 0.173 e. The number of oxime groups is 1. The third-order valence-corrected chi connectivity index (χ3v) is 3.32. The number of anilines is 1. The van der Waals surface area contributed by atoms with E-state index in [4.69, 9.17) is 15.7 Å². The van der Waals surface area contributed by atoms with E-state index in [1.807, 2.05) is 0 Å². The van der Waals surface area contributed by atoms with E-state index in [9.17, 15) is 0 Å². The zero-order valence-electron chi connectivity index (χ0n) is 11.7. The highest BCUT2D eigenvalue weighted by Crippen LogP contribution is 2.22. The van der Waals surface area contributed by atoms with Crippen molar-refractivity contribution >= 4 is 11.7 Å². The first kappa shape index (κ1) is 14.5. The van der Waals surface area contributed by atoms with Crippen LogP contribution in [0.5, 0.6) is 0 Å². The van der Waals surface area contributed by atoms with Crippen molar-refractivity contribution in [2.24, 2.45) is 10.9 Å². The minimum atomic E-state index is 0.0477. The molecule has 3 N–H and O–H groups in total. The Morgan fingerprint density at radius 2 is 2.50 bits per heavy atom. The van der Waals surface area contributed by atoms with E-state index in [1.165, 1.54) is 6.20 Å². The van der Waals surface area contributed by atoms with Gasteiger partial charge >= 0.3 is 0 Å². The fraction of sp³-hybridized carbons (Fsp3) is 0.615. The van der Waals surface area contributed by atoms with E-state index < -0.39 is 0 Å². The van der Waals surface area contributed by atoms with Crippen LogP contribution < -0.4 is 10.6 Å². The molecule has 0 radical (unpaired) electrons. The van der Waals surface area contributed by atoms with Crippen LogP contribution in [0.1, 0.15) is 31.7 Å². The van der Waals surface area contributed by atoms with Crippen molar-refractivity contribution in [2.75, 3.05) is 24.6 Å². The van der Waals surface area contributed by atoms with Gasteiger partial charge in [-0.1, -0.05) is 12.1 Å². The molecule has 1 atom stereocenters. The van der Waals surface area contributed by atoms with Crippen molar-refractivity contribution in [3.8, 4) is 0 Å². The molecule has 0 amide bonds. The van der Waals surface area contributed by atoms with Gasteiger partial charge in [0.05, 0.1) is 17.9 Å². The average Bonchev–Trinajstić information content (AvgIpc) is 2.52. The molecule has 1 aliphatic heterocycles. The Balaban J connectivity index is 2.14. The van der Waals surface area contributed by atoms with Crippen LogP contribution in [0.3, 0.4) is 0 Å². The lowest BCUT2D eigenvalue weighted by atomic mass is 10.1. The molecule has 110 valence electrons. The largest absolute Gasteiger partial charge is 0.409 e. The monoisotopic (exact) mass is 279 g/mol. The summed E-state index contributed by atoms with van der Waals surface area (Å²) in [5.41, 5.74) is 6.29. The van der Waals surface area contributed by atoms with Gasteiger partial charge in [-0.2, -0.15) is 5.10 Å². The summed E-state index contributed by atoms with van der Waals surface area (Å²) in [6, 6.07) is 1.70. The van der Waals surface area contributed by atoms with Gasteiger partial charge in [-0.25, -0.2) is 0 Å². The van der Waals surface area contributed by atoms with Crippen molar-refractivity contribution in [3.63, 3.8) is 0 Å². The summed E-state index contributed by atoms with van der Waals surface area (Å²) < 4.78 is 5.81. The van der Waals surface area contributed by atoms with Crippen molar-refractivity contribution in [1.82, 2.24) is 10.2 Å². The van der Waals surface area contributed by atoms with Crippen LogP contribution in [0.25, 0.3) is 0 Å². The number of ether oxygens (including phenoxy) is 1. The van der Waals surface area contributed by atoms with Crippen molar-refractivity contribution in [1.29, 1.82) is 0 Å². The zero-order chi connectivity index (χ0) is 14.4. The van der Waals surface area contributed by atoms with E-state index in [0.29, 0.717) is 11.4 Å². The maximum Gasteiger partial charge on any atom is 0.173 e. The van der Waals surface area contributed by atoms with Crippen LogP contribution in [-0.2, 0) is 4.74 Å². The molecule has 1 fully saturated rings. The highest BCUT2D eigenvalue weighted by Gasteiger charge is 2.24. The molecule has 0 aliphatic carbocycles. The van der Waals surface area contributed by atoms with Gasteiger partial charge in [-0.05, 0) is 25.3 Å². The minimum Gasteiger partial charge on any atom is -0.409 e. The Bertz CT molecular complexity index is 466. The Morgan fingerprint density at radius 3 is 3.25 bits per heavy atom. The first-order valence-corrected chi connectivity index (χ1v) is 6.92. The molecular weight excluding hydrogens is 258 g/mol. The predicted octanol–water partition coefficient (Wildman–Crippen LogP) is 0.967. The fourth-order valence-corrected chi connectivity index (χ4v) is 2.36. The molecule has 1 unspecified atom stereocenters. The molecule has 0 saturated carbocycles. The molecule has 20 heavy (non-hydrogen) atoms. The molecule has 2 heterocycles. The van der Waals surface area contributed by atoms with Gasteiger partial charge in [0.1, 0.15) is 0 Å². The van der Waals surface area contributed by atoms with Crippen LogP contribution in [0.4, 0.5) is 5.82 Å². The molecule has 2 rings (SSSR count). The van der Waals surface area contributed by atoms with E-state index in [2.05, 4.69) is 27.2 Å². The molecular formula is C13H21N5O2. The minimum absolute atomic E-state index is 0.0477. The number of rotatable bonds is 5. The highest BCUT2D eigenvalue weighted by molar-refractivity contribution is 6.01. The Hall–Kier alpha value is -1.89. The van der Waals surface area contributed by atoms with Gasteiger partial charge in [-0.15, -0.1) is 5.10 Å². The number of piperidine rings is 1. The SMILES string of the molecule is CCCOC1CCCN(c2nnccc2/C(N)=N/O)C1. The van der Waals surface area contributed by atoms with E-state index >= 15 is 0 Å². The second-order valence-corrected chi connectivity index (χ2v) is 4.83. The van der Waals surface area contributed by atoms with Crippen LogP contribution in [0.2, 0.25) is 0 Å². The summed E-state index contributed by atoms with van der Waals surface area (Å²) >= 11 is 0. The molecule has 0 spiro atoms. The summed E-state index contributed by atoms with van der Waals surface area (Å²) in [5, 5.41) is 19.9. The number of amidine groups is 1. The number of nitrogens with two attached hydrogens (primary N) is 1. The molecule has 1 saturated heterocycles. The van der Waals surface area contributed by atoms with Crippen LogP contribution in [-0.4, -0.2) is 47.0 Å². The van der Waals surface area contributed by atoms with Crippen LogP contribution >= 0.6 is 0 Å². The van der Waals surface area contributed by atoms with Gasteiger partial charge in [0, 0.05) is 19.7 Å². The molecule has 0 aromatic carbocycles. The van der Waals surface area contributed by atoms with E-state index in [1.54, 1.807) is 6.07 Å². The Morgan fingerprint density at radius 1 is 1.65 bits per heavy atom. The molecule has 1 aromatic heterocycles. The quantitative estimate of drug-likeness (QED) is 0.361. The molecule has 1 aromatic rings. The second kappa shape index (κ2) is 7.04. The lowest BCUT2D eigenvalue weighted by Crippen LogP contribution is -2.41. The van der Waals surface area contributed by atoms with Crippen LogP contribution in [0, 0.1) is 0 Å². The van der Waals surface area contributed by atoms with Crippen molar-refractivity contribution in [3.05, 3.63) is 17.8 Å². The first-order valence-electron chi connectivity index (χ1n) is 6.92. The molecule has 0 bridgehead atoms. The van der Waals surface area contributed by atoms with E-state index in [0.717, 1.165) is 39.0 Å². The topological polar surface area (TPSA) is 96.9 Å². The fourth-order valence-electron chi connectivity index (χ4n) is 2.36. The van der Waals surface area contributed by atoms with Crippen molar-refractivity contribution < 1.29 is 9.94 Å². The second-order valence-electron chi connectivity index (χ2n) is 4.83. The maximum absolute atomic E-state index is 8.85. The lowest BCUT2D eigenvalue weighted by molar-refractivity contribution is 0.0439. The Labute approximate surface area is 118 Å². The summed E-state index contributed by atoms with van der Waals surface area (Å²) in [7, 11) is 0. The summed E-state index contributed by atoms with van der Waals surface area (Å²) in [6.45, 7) is 4.49. The van der Waals surface area contributed by atoms with E-state index in [-0.39, 0.29) is 11.9 Å². The number of aromatic nitrogens is 2. The third-order valence-electron chi connectivity index (χ3n) is 3.32. The summed E-state index contributed by atoms with van der Waals surface area (Å²) in [5.74, 6) is 0.694. The zero-order valence-corrected chi connectivity index (χ0v) is 11.7. The third kappa shape index (κ3) is 3.36. The molecule has 7 nitrogen and oxygen atoms in total. The predicted molar refractivity (Wildman–Crippen MR) is 76.0 cm³/mol. The van der Waals surface area contributed by atoms with Crippen molar-refractivity contribution in [2.45, 2.75) is 32.3 Å². The average molecular weight is 279 g/mol. The standard InChI is InChI=1S/C13H21N5O2/c1-2-8-20-10-4-3-7-18(9-10)13-11(12(14)17-19)5-6-15-16-13/h5-6,10,19H,2-4,7-9H2,1H3,(H2,14,17). The number of hydrogen-bond donors (Lipinski definition) is 2. The lowest BCUT2D eigenvalue weighted by Gasteiger charge is -2.33. The number of hydrogen-bond acceptors (Lipinski definition) is 6. The van der Waals surface area contributed by atoms with Gasteiger partial charge in [0.2, 0.25) is 0 Å². The molecule has 7 heteroatoms. The summed E-state index contributed by atoms with van der Waals surface area (Å²) in [4.78, 5) is 2.09. The van der Waals surface area contributed by atoms with Gasteiger partial charge in [-0.3, -0.25) is 0 Å². The molecule has 1 aliphatic rings. The van der Waals surface area contributed by atoms with Crippen LogP contribution in [0.15, 0.2) is 17.4 Å². The normalized spacial score (nSPS) is 20.1. The maximum atomic E-state index is 8.85. The highest BCUT2D eigenvalue weighted by atomic mass is 16.5.